The number of nitrogens with one attached hydrogen (secondary N) is 1. The van der Waals surface area contributed by atoms with E-state index in [0.29, 0.717) is 18.9 Å². The average molecular weight is 369 g/mol. The number of nitrogens with zero attached hydrogens (tertiary/aromatic N) is 1. The number of amides is 1. The Balaban J connectivity index is 1.72. The van der Waals surface area contributed by atoms with Gasteiger partial charge in [0.2, 0.25) is 5.91 Å². The summed E-state index contributed by atoms with van der Waals surface area (Å²) in [5.74, 6) is 1.70. The maximum atomic E-state index is 12.2. The highest BCUT2D eigenvalue weighted by Crippen LogP contribution is 2.26. The van der Waals surface area contributed by atoms with Crippen molar-refractivity contribution in [1.82, 2.24) is 10.2 Å². The van der Waals surface area contributed by atoms with Crippen molar-refractivity contribution in [3.8, 4) is 5.75 Å². The number of hydrogen-bond donors (Lipinski definition) is 1. The Morgan fingerprint density at radius 1 is 1.41 bits per heavy atom. The molecule has 0 aromatic heterocycles. The number of rotatable bonds is 6. The monoisotopic (exact) mass is 368 g/mol. The number of benzene rings is 1. The predicted molar refractivity (Wildman–Crippen MR) is 92.2 cm³/mol. The maximum Gasteiger partial charge on any atom is 0.225 e. The molecule has 5 heteroatoms. The molecule has 1 aliphatic rings. The number of aryl methyl sites for hydroxylation is 1. The third-order valence-electron chi connectivity index (χ3n) is 4.12. The molecule has 0 bridgehead atoms. The van der Waals surface area contributed by atoms with Crippen molar-refractivity contribution >= 4 is 21.8 Å². The number of halogens is 1. The van der Waals surface area contributed by atoms with Gasteiger partial charge in [-0.05, 0) is 72.9 Å². The standard InChI is InChI=1S/C17H25BrN2O2/c1-13-3-4-16(15(18)11-13)22-10-7-17(21)20-8-5-14(6-9-20)12-19-2/h3-4,11,14,19H,5-10,12H2,1-2H3. The van der Waals surface area contributed by atoms with Crippen LogP contribution in [-0.4, -0.2) is 44.1 Å². The topological polar surface area (TPSA) is 41.6 Å². The Morgan fingerprint density at radius 3 is 2.77 bits per heavy atom. The molecule has 22 heavy (non-hydrogen) atoms. The molecule has 1 aromatic carbocycles. The Hall–Kier alpha value is -1.07. The van der Waals surface area contributed by atoms with Gasteiger partial charge in [0, 0.05) is 13.1 Å². The molecule has 0 atom stereocenters. The van der Waals surface area contributed by atoms with Gasteiger partial charge in [0.15, 0.2) is 0 Å². The van der Waals surface area contributed by atoms with Gasteiger partial charge >= 0.3 is 0 Å². The van der Waals surface area contributed by atoms with E-state index in [2.05, 4.69) is 21.2 Å². The first kappa shape index (κ1) is 17.3. The largest absolute Gasteiger partial charge is 0.492 e. The second-order valence-electron chi connectivity index (χ2n) is 5.91. The summed E-state index contributed by atoms with van der Waals surface area (Å²) in [4.78, 5) is 14.2. The van der Waals surface area contributed by atoms with Crippen LogP contribution in [0, 0.1) is 12.8 Å². The van der Waals surface area contributed by atoms with Crippen LogP contribution in [-0.2, 0) is 4.79 Å². The first-order valence-electron chi connectivity index (χ1n) is 7.91. The van der Waals surface area contributed by atoms with Crippen molar-refractivity contribution in [2.75, 3.05) is 33.3 Å². The molecule has 0 aliphatic carbocycles. The van der Waals surface area contributed by atoms with Crippen LogP contribution in [0.3, 0.4) is 0 Å². The normalized spacial score (nSPS) is 15.9. The van der Waals surface area contributed by atoms with Crippen LogP contribution < -0.4 is 10.1 Å². The van der Waals surface area contributed by atoms with E-state index in [9.17, 15) is 4.79 Å². The summed E-state index contributed by atoms with van der Waals surface area (Å²) < 4.78 is 6.65. The highest BCUT2D eigenvalue weighted by Gasteiger charge is 2.22. The van der Waals surface area contributed by atoms with Crippen molar-refractivity contribution in [1.29, 1.82) is 0 Å². The zero-order chi connectivity index (χ0) is 15.9. The minimum atomic E-state index is 0.200. The molecule has 0 spiro atoms. The number of ether oxygens (including phenoxy) is 1. The Kier molecular flexibility index (Phi) is 6.70. The fourth-order valence-electron chi connectivity index (χ4n) is 2.80. The zero-order valence-electron chi connectivity index (χ0n) is 13.4. The van der Waals surface area contributed by atoms with Gasteiger partial charge in [0.1, 0.15) is 5.75 Å². The van der Waals surface area contributed by atoms with E-state index < -0.39 is 0 Å². The van der Waals surface area contributed by atoms with Crippen LogP contribution in [0.1, 0.15) is 24.8 Å². The van der Waals surface area contributed by atoms with Crippen LogP contribution in [0.25, 0.3) is 0 Å². The van der Waals surface area contributed by atoms with Gasteiger partial charge in [0.05, 0.1) is 17.5 Å². The Labute approximate surface area is 141 Å². The molecule has 4 nitrogen and oxygen atoms in total. The van der Waals surface area contributed by atoms with Crippen LogP contribution in [0.4, 0.5) is 0 Å². The average Bonchev–Trinajstić information content (AvgIpc) is 2.50. The molecule has 1 saturated heterocycles. The van der Waals surface area contributed by atoms with E-state index in [4.69, 9.17) is 4.74 Å². The Bertz CT molecular complexity index is 499. The fraction of sp³-hybridized carbons (Fsp3) is 0.588. The van der Waals surface area contributed by atoms with Gasteiger partial charge in [0.25, 0.3) is 0 Å². The first-order valence-corrected chi connectivity index (χ1v) is 8.70. The third-order valence-corrected chi connectivity index (χ3v) is 4.74. The highest BCUT2D eigenvalue weighted by molar-refractivity contribution is 9.10. The molecule has 2 rings (SSSR count). The zero-order valence-corrected chi connectivity index (χ0v) is 15.0. The number of carbonyl (C=O) groups excluding carboxylic acids is 1. The summed E-state index contributed by atoms with van der Waals surface area (Å²) in [7, 11) is 1.98. The highest BCUT2D eigenvalue weighted by atomic mass is 79.9. The lowest BCUT2D eigenvalue weighted by molar-refractivity contribution is -0.133. The summed E-state index contributed by atoms with van der Waals surface area (Å²) in [6, 6.07) is 5.96. The first-order chi connectivity index (χ1) is 10.6. The molecule has 122 valence electrons. The van der Waals surface area contributed by atoms with E-state index in [1.807, 2.05) is 37.1 Å². The SMILES string of the molecule is CNCC1CCN(C(=O)CCOc2ccc(C)cc2Br)CC1. The third kappa shape index (κ3) is 4.99. The summed E-state index contributed by atoms with van der Waals surface area (Å²) in [5.41, 5.74) is 1.18. The van der Waals surface area contributed by atoms with Crippen LogP contribution >= 0.6 is 15.9 Å². The van der Waals surface area contributed by atoms with E-state index in [1.165, 1.54) is 5.56 Å². The number of piperidine rings is 1. The molecule has 1 fully saturated rings. The van der Waals surface area contributed by atoms with Crippen LogP contribution in [0.2, 0.25) is 0 Å². The molecule has 1 heterocycles. The van der Waals surface area contributed by atoms with Crippen LogP contribution in [0.15, 0.2) is 22.7 Å². The van der Waals surface area contributed by atoms with Crippen molar-refractivity contribution in [3.63, 3.8) is 0 Å². The van der Waals surface area contributed by atoms with E-state index in [0.717, 1.165) is 42.7 Å². The van der Waals surface area contributed by atoms with E-state index in [1.54, 1.807) is 0 Å². The lowest BCUT2D eigenvalue weighted by atomic mass is 9.97. The van der Waals surface area contributed by atoms with E-state index in [-0.39, 0.29) is 5.91 Å². The second-order valence-corrected chi connectivity index (χ2v) is 6.77. The molecular weight excluding hydrogens is 344 g/mol. The number of carbonyl (C=O) groups is 1. The number of likely N-dealkylation sites (tertiary alicyclic amines) is 1. The fourth-order valence-corrected chi connectivity index (χ4v) is 3.41. The van der Waals surface area contributed by atoms with E-state index >= 15 is 0 Å². The van der Waals surface area contributed by atoms with Crippen molar-refractivity contribution < 1.29 is 9.53 Å². The quantitative estimate of drug-likeness (QED) is 0.838. The summed E-state index contributed by atoms with van der Waals surface area (Å²) in [6.07, 6.45) is 2.63. The second kappa shape index (κ2) is 8.53. The molecule has 1 aromatic rings. The summed E-state index contributed by atoms with van der Waals surface area (Å²) in [5, 5.41) is 3.22. The molecule has 1 amide bonds. The number of hydrogen-bond acceptors (Lipinski definition) is 3. The van der Waals surface area contributed by atoms with Crippen molar-refractivity contribution in [2.24, 2.45) is 5.92 Å². The van der Waals surface area contributed by atoms with Gasteiger partial charge in [-0.25, -0.2) is 0 Å². The summed E-state index contributed by atoms with van der Waals surface area (Å²) in [6.45, 7) is 5.26. The van der Waals surface area contributed by atoms with Gasteiger partial charge in [-0.15, -0.1) is 0 Å². The predicted octanol–water partition coefficient (Wildman–Crippen LogP) is 2.98. The molecule has 1 aliphatic heterocycles. The van der Waals surface area contributed by atoms with Gasteiger partial charge in [-0.1, -0.05) is 6.07 Å². The molecule has 0 saturated carbocycles. The molecule has 1 N–H and O–H groups in total. The molecule has 0 unspecified atom stereocenters. The van der Waals surface area contributed by atoms with Gasteiger partial charge < -0.3 is 15.0 Å². The van der Waals surface area contributed by atoms with Gasteiger partial charge in [-0.2, -0.15) is 0 Å². The van der Waals surface area contributed by atoms with Crippen molar-refractivity contribution in [3.05, 3.63) is 28.2 Å². The maximum absolute atomic E-state index is 12.2. The van der Waals surface area contributed by atoms with Gasteiger partial charge in [-0.3, -0.25) is 4.79 Å². The minimum absolute atomic E-state index is 0.200. The lowest BCUT2D eigenvalue weighted by Crippen LogP contribution is -2.40. The lowest BCUT2D eigenvalue weighted by Gasteiger charge is -2.32. The van der Waals surface area contributed by atoms with Crippen molar-refractivity contribution in [2.45, 2.75) is 26.2 Å². The smallest absolute Gasteiger partial charge is 0.225 e. The molecule has 0 radical (unpaired) electrons. The minimum Gasteiger partial charge on any atom is -0.492 e. The molecular formula is C17H25BrN2O2. The summed E-state index contributed by atoms with van der Waals surface area (Å²) >= 11 is 3.49. The Morgan fingerprint density at radius 2 is 2.14 bits per heavy atom. The van der Waals surface area contributed by atoms with Crippen LogP contribution in [0.5, 0.6) is 5.75 Å².